The van der Waals surface area contributed by atoms with Gasteiger partial charge in [-0.05, 0) is 50.7 Å². The molecular weight excluding hydrogens is 337 g/mol. The summed E-state index contributed by atoms with van der Waals surface area (Å²) in [5.41, 5.74) is 2.52. The predicted molar refractivity (Wildman–Crippen MR) is 98.4 cm³/mol. The molecular formula is C19H22FN3OS. The summed E-state index contributed by atoms with van der Waals surface area (Å²) in [5.74, 6) is -0.230. The van der Waals surface area contributed by atoms with Crippen LogP contribution in [0.5, 0.6) is 0 Å². The largest absolute Gasteiger partial charge is 0.376 e. The SMILES string of the molecule is Fc1ccccc1-c1csc(=NC[C@H]2CCCO2)n1N=C1CCCC1. The van der Waals surface area contributed by atoms with Gasteiger partial charge < -0.3 is 4.74 Å². The van der Waals surface area contributed by atoms with Crippen LogP contribution in [0.3, 0.4) is 0 Å². The number of hydrogen-bond acceptors (Lipinski definition) is 4. The summed E-state index contributed by atoms with van der Waals surface area (Å²) in [5, 5.41) is 6.77. The molecule has 0 N–H and O–H groups in total. The molecule has 2 aliphatic rings. The maximum absolute atomic E-state index is 14.3. The lowest BCUT2D eigenvalue weighted by Crippen LogP contribution is -2.18. The van der Waals surface area contributed by atoms with Gasteiger partial charge in [-0.1, -0.05) is 12.1 Å². The van der Waals surface area contributed by atoms with E-state index in [2.05, 4.69) is 0 Å². The summed E-state index contributed by atoms with van der Waals surface area (Å²) < 4.78 is 21.8. The lowest BCUT2D eigenvalue weighted by Gasteiger charge is -2.07. The minimum atomic E-state index is -0.230. The van der Waals surface area contributed by atoms with Gasteiger partial charge in [0.05, 0.1) is 18.3 Å². The molecule has 0 amide bonds. The highest BCUT2D eigenvalue weighted by Crippen LogP contribution is 2.24. The van der Waals surface area contributed by atoms with E-state index in [1.807, 2.05) is 16.1 Å². The highest BCUT2D eigenvalue weighted by molar-refractivity contribution is 7.07. The minimum absolute atomic E-state index is 0.201. The topological polar surface area (TPSA) is 38.9 Å². The van der Waals surface area contributed by atoms with Crippen molar-refractivity contribution in [1.29, 1.82) is 0 Å². The first kappa shape index (κ1) is 16.7. The molecule has 4 nitrogen and oxygen atoms in total. The van der Waals surface area contributed by atoms with Gasteiger partial charge in [0, 0.05) is 23.3 Å². The number of ether oxygens (including phenoxy) is 1. The molecule has 1 saturated carbocycles. The van der Waals surface area contributed by atoms with E-state index in [4.69, 9.17) is 14.8 Å². The van der Waals surface area contributed by atoms with Crippen LogP contribution in [0.4, 0.5) is 4.39 Å². The van der Waals surface area contributed by atoms with Gasteiger partial charge in [0.25, 0.3) is 0 Å². The van der Waals surface area contributed by atoms with Crippen molar-refractivity contribution in [2.75, 3.05) is 13.2 Å². The summed E-state index contributed by atoms with van der Waals surface area (Å²) >= 11 is 1.51. The molecule has 1 atom stereocenters. The van der Waals surface area contributed by atoms with Crippen LogP contribution < -0.4 is 4.80 Å². The normalized spacial score (nSPS) is 21.2. The molecule has 1 saturated heterocycles. The van der Waals surface area contributed by atoms with Crippen LogP contribution in [0.2, 0.25) is 0 Å². The lowest BCUT2D eigenvalue weighted by atomic mass is 10.1. The first-order chi connectivity index (χ1) is 12.3. The third-order valence-corrected chi connectivity index (χ3v) is 5.57. The molecule has 0 spiro atoms. The second-order valence-electron chi connectivity index (χ2n) is 6.54. The van der Waals surface area contributed by atoms with E-state index in [1.54, 1.807) is 12.1 Å². The van der Waals surface area contributed by atoms with Crippen molar-refractivity contribution in [3.05, 3.63) is 40.3 Å². The zero-order chi connectivity index (χ0) is 17.1. The monoisotopic (exact) mass is 359 g/mol. The van der Waals surface area contributed by atoms with E-state index in [9.17, 15) is 4.39 Å². The zero-order valence-electron chi connectivity index (χ0n) is 14.2. The van der Waals surface area contributed by atoms with Crippen LogP contribution in [-0.4, -0.2) is 29.6 Å². The van der Waals surface area contributed by atoms with E-state index < -0.39 is 0 Å². The third kappa shape index (κ3) is 3.75. The van der Waals surface area contributed by atoms with Crippen molar-refractivity contribution in [1.82, 2.24) is 4.68 Å². The standard InChI is InChI=1S/C19H22FN3OS/c20-17-10-4-3-9-16(17)18-13-25-19(21-12-15-8-5-11-24-15)23(18)22-14-6-1-2-7-14/h3-4,9-10,13,15H,1-2,5-8,11-12H2/t15-/m1/s1. The number of halogens is 1. The van der Waals surface area contributed by atoms with Gasteiger partial charge in [-0.3, -0.25) is 4.99 Å². The van der Waals surface area contributed by atoms with Gasteiger partial charge in [0.1, 0.15) is 5.82 Å². The minimum Gasteiger partial charge on any atom is -0.376 e. The zero-order valence-corrected chi connectivity index (χ0v) is 15.0. The Bertz CT molecular complexity index is 825. The Balaban J connectivity index is 1.75. The maximum atomic E-state index is 14.3. The van der Waals surface area contributed by atoms with Crippen molar-refractivity contribution >= 4 is 17.0 Å². The number of benzene rings is 1. The van der Waals surface area contributed by atoms with Crippen molar-refractivity contribution < 1.29 is 9.13 Å². The molecule has 6 heteroatoms. The smallest absolute Gasteiger partial charge is 0.206 e. The summed E-state index contributed by atoms with van der Waals surface area (Å²) in [6.45, 7) is 1.47. The molecule has 1 aliphatic heterocycles. The fourth-order valence-corrected chi connectivity index (χ4v) is 4.18. The molecule has 0 bridgehead atoms. The molecule has 0 unspecified atom stereocenters. The van der Waals surface area contributed by atoms with Crippen molar-refractivity contribution in [3.8, 4) is 11.3 Å². The molecule has 1 aromatic heterocycles. The van der Waals surface area contributed by atoms with Gasteiger partial charge >= 0.3 is 0 Å². The van der Waals surface area contributed by atoms with Crippen molar-refractivity contribution in [2.45, 2.75) is 44.6 Å². The summed E-state index contributed by atoms with van der Waals surface area (Å²) in [6, 6.07) is 6.85. The number of thiazole rings is 1. The van der Waals surface area contributed by atoms with Crippen LogP contribution in [0.25, 0.3) is 11.3 Å². The van der Waals surface area contributed by atoms with Crippen molar-refractivity contribution in [3.63, 3.8) is 0 Å². The van der Waals surface area contributed by atoms with Crippen LogP contribution in [0, 0.1) is 5.82 Å². The van der Waals surface area contributed by atoms with Crippen LogP contribution in [-0.2, 0) is 4.74 Å². The number of rotatable bonds is 4. The number of hydrogen-bond donors (Lipinski definition) is 0. The van der Waals surface area contributed by atoms with Gasteiger partial charge in [-0.25, -0.2) is 9.07 Å². The Labute approximate surface area is 150 Å². The summed E-state index contributed by atoms with van der Waals surface area (Å²) in [7, 11) is 0. The van der Waals surface area contributed by atoms with Gasteiger partial charge in [0.15, 0.2) is 0 Å². The molecule has 2 aromatic rings. The second-order valence-corrected chi connectivity index (χ2v) is 7.38. The van der Waals surface area contributed by atoms with Gasteiger partial charge in [-0.2, -0.15) is 5.10 Å². The van der Waals surface area contributed by atoms with E-state index in [1.165, 1.54) is 36.0 Å². The molecule has 25 heavy (non-hydrogen) atoms. The molecule has 1 aliphatic carbocycles. The van der Waals surface area contributed by atoms with Crippen LogP contribution in [0.15, 0.2) is 39.7 Å². The number of aromatic nitrogens is 1. The van der Waals surface area contributed by atoms with E-state index in [-0.39, 0.29) is 11.9 Å². The first-order valence-electron chi connectivity index (χ1n) is 8.95. The molecule has 2 heterocycles. The fourth-order valence-electron chi connectivity index (χ4n) is 3.35. The summed E-state index contributed by atoms with van der Waals surface area (Å²) in [6.07, 6.45) is 6.76. The summed E-state index contributed by atoms with van der Waals surface area (Å²) in [4.78, 5) is 5.55. The molecule has 132 valence electrons. The molecule has 0 radical (unpaired) electrons. The van der Waals surface area contributed by atoms with Crippen molar-refractivity contribution in [2.24, 2.45) is 10.1 Å². The van der Waals surface area contributed by atoms with E-state index in [0.29, 0.717) is 12.1 Å². The van der Waals surface area contributed by atoms with E-state index >= 15 is 0 Å². The average Bonchev–Trinajstić information content (AvgIpc) is 3.37. The highest BCUT2D eigenvalue weighted by Gasteiger charge is 2.17. The second kappa shape index (κ2) is 7.62. The van der Waals surface area contributed by atoms with Gasteiger partial charge in [0.2, 0.25) is 4.80 Å². The Hall–Kier alpha value is -1.79. The Morgan fingerprint density at radius 2 is 2.04 bits per heavy atom. The highest BCUT2D eigenvalue weighted by atomic mass is 32.1. The molecule has 4 rings (SSSR count). The number of nitrogens with zero attached hydrogens (tertiary/aromatic N) is 3. The third-order valence-electron chi connectivity index (χ3n) is 4.71. The Kier molecular flexibility index (Phi) is 5.08. The predicted octanol–water partition coefficient (Wildman–Crippen LogP) is 4.21. The van der Waals surface area contributed by atoms with Gasteiger partial charge in [-0.15, -0.1) is 11.3 Å². The Morgan fingerprint density at radius 1 is 1.20 bits per heavy atom. The quantitative estimate of drug-likeness (QED) is 0.806. The van der Waals surface area contributed by atoms with E-state index in [0.717, 1.165) is 42.8 Å². The van der Waals surface area contributed by atoms with Crippen LogP contribution >= 0.6 is 11.3 Å². The molecule has 1 aromatic carbocycles. The Morgan fingerprint density at radius 3 is 2.80 bits per heavy atom. The maximum Gasteiger partial charge on any atom is 0.206 e. The first-order valence-corrected chi connectivity index (χ1v) is 9.83. The fraction of sp³-hybridized carbons (Fsp3) is 0.474. The molecule has 2 fully saturated rings. The van der Waals surface area contributed by atoms with Crippen LogP contribution in [0.1, 0.15) is 38.5 Å². The lowest BCUT2D eigenvalue weighted by molar-refractivity contribution is 0.117. The average molecular weight is 359 g/mol.